The topological polar surface area (TPSA) is 55.1 Å². The van der Waals surface area contributed by atoms with Crippen molar-refractivity contribution in [3.63, 3.8) is 0 Å². The van der Waals surface area contributed by atoms with Crippen molar-refractivity contribution in [1.82, 2.24) is 10.3 Å². The zero-order chi connectivity index (χ0) is 16.5. The Balaban J connectivity index is 1.63. The Morgan fingerprint density at radius 2 is 1.88 bits per heavy atom. The molecule has 0 spiro atoms. The molecule has 1 saturated carbocycles. The van der Waals surface area contributed by atoms with Gasteiger partial charge in [-0.25, -0.2) is 4.98 Å². The summed E-state index contributed by atoms with van der Waals surface area (Å²) < 4.78 is 5.32. The quantitative estimate of drug-likeness (QED) is 0.784. The zero-order valence-electron chi connectivity index (χ0n) is 13.5. The molecule has 0 unspecified atom stereocenters. The lowest BCUT2D eigenvalue weighted by Gasteiger charge is -2.10. The lowest BCUT2D eigenvalue weighted by atomic mass is 9.97. The van der Waals surface area contributed by atoms with Crippen molar-refractivity contribution < 1.29 is 9.21 Å². The number of amides is 1. The van der Waals surface area contributed by atoms with Gasteiger partial charge in [0.25, 0.3) is 5.91 Å². The van der Waals surface area contributed by atoms with Crippen LogP contribution in [0, 0.1) is 6.92 Å². The Hall–Kier alpha value is -2.88. The number of carbonyl (C=O) groups is 1. The number of aryl methyl sites for hydroxylation is 1. The summed E-state index contributed by atoms with van der Waals surface area (Å²) in [6.45, 7) is 2.06. The van der Waals surface area contributed by atoms with Gasteiger partial charge in [0.1, 0.15) is 0 Å². The fraction of sp³-hybridized carbons (Fsp3) is 0.200. The number of aromatic nitrogens is 1. The number of hydrogen-bond donors (Lipinski definition) is 1. The third-order valence-corrected chi connectivity index (χ3v) is 4.33. The number of benzene rings is 2. The lowest BCUT2D eigenvalue weighted by molar-refractivity contribution is 0.0951. The molecule has 1 aliphatic rings. The molecule has 24 heavy (non-hydrogen) atoms. The first-order valence-corrected chi connectivity index (χ1v) is 8.11. The van der Waals surface area contributed by atoms with Crippen molar-refractivity contribution in [1.29, 1.82) is 0 Å². The van der Waals surface area contributed by atoms with Crippen molar-refractivity contribution in [2.75, 3.05) is 0 Å². The van der Waals surface area contributed by atoms with Crippen LogP contribution in [0.25, 0.3) is 22.5 Å². The van der Waals surface area contributed by atoms with E-state index in [1.807, 2.05) is 42.5 Å². The number of nitrogens with one attached hydrogen (secondary N) is 1. The van der Waals surface area contributed by atoms with Gasteiger partial charge in [0.05, 0.1) is 6.20 Å². The van der Waals surface area contributed by atoms with Crippen LogP contribution >= 0.6 is 0 Å². The van der Waals surface area contributed by atoms with Crippen LogP contribution in [0.15, 0.2) is 59.5 Å². The lowest BCUT2D eigenvalue weighted by Crippen LogP contribution is -2.25. The Labute approximate surface area is 140 Å². The van der Waals surface area contributed by atoms with Crippen LogP contribution in [0.5, 0.6) is 0 Å². The molecule has 0 atom stereocenters. The van der Waals surface area contributed by atoms with Gasteiger partial charge < -0.3 is 9.73 Å². The summed E-state index contributed by atoms with van der Waals surface area (Å²) in [4.78, 5) is 16.2. The van der Waals surface area contributed by atoms with Crippen LogP contribution in [0.2, 0.25) is 0 Å². The minimum atomic E-state index is 0.0111. The average molecular weight is 318 g/mol. The van der Waals surface area contributed by atoms with E-state index < -0.39 is 0 Å². The highest BCUT2D eigenvalue weighted by Gasteiger charge is 2.24. The zero-order valence-corrected chi connectivity index (χ0v) is 13.5. The van der Waals surface area contributed by atoms with Crippen LogP contribution in [-0.4, -0.2) is 16.9 Å². The SMILES string of the molecule is Cc1ccc(C(=O)NC2CC2)cc1-c1ccc(-c2cnco2)cc1. The van der Waals surface area contributed by atoms with E-state index in [0.717, 1.165) is 40.9 Å². The Kier molecular flexibility index (Phi) is 3.65. The minimum Gasteiger partial charge on any atom is -0.444 e. The first kappa shape index (κ1) is 14.7. The van der Waals surface area contributed by atoms with Crippen molar-refractivity contribution in [2.24, 2.45) is 0 Å². The molecular formula is C20H18N2O2. The van der Waals surface area contributed by atoms with Crippen LogP contribution in [0.4, 0.5) is 0 Å². The fourth-order valence-corrected chi connectivity index (χ4v) is 2.74. The maximum absolute atomic E-state index is 12.3. The molecule has 1 amide bonds. The number of hydrogen-bond acceptors (Lipinski definition) is 3. The molecule has 1 aromatic heterocycles. The average Bonchev–Trinajstić information content (AvgIpc) is 3.24. The number of carbonyl (C=O) groups excluding carboxylic acids is 1. The maximum Gasteiger partial charge on any atom is 0.251 e. The second-order valence-corrected chi connectivity index (χ2v) is 6.22. The van der Waals surface area contributed by atoms with Crippen molar-refractivity contribution in [3.8, 4) is 22.5 Å². The highest BCUT2D eigenvalue weighted by Crippen LogP contribution is 2.28. The van der Waals surface area contributed by atoms with Gasteiger partial charge in [0.15, 0.2) is 12.2 Å². The summed E-state index contributed by atoms with van der Waals surface area (Å²) in [5.41, 5.74) is 4.99. The number of nitrogens with zero attached hydrogens (tertiary/aromatic N) is 1. The standard InChI is InChI=1S/C20H18N2O2/c1-13-2-3-16(20(23)22-17-8-9-17)10-18(13)14-4-6-15(7-5-14)19-11-21-12-24-19/h2-7,10-12,17H,8-9H2,1H3,(H,22,23). The molecule has 1 aliphatic carbocycles. The van der Waals surface area contributed by atoms with E-state index in [0.29, 0.717) is 11.6 Å². The molecule has 120 valence electrons. The van der Waals surface area contributed by atoms with Gasteiger partial charge in [-0.3, -0.25) is 4.79 Å². The van der Waals surface area contributed by atoms with E-state index in [1.54, 1.807) is 6.20 Å². The molecule has 4 rings (SSSR count). The van der Waals surface area contributed by atoms with E-state index >= 15 is 0 Å². The molecule has 4 heteroatoms. The molecule has 0 saturated heterocycles. The molecule has 0 aliphatic heterocycles. The summed E-state index contributed by atoms with van der Waals surface area (Å²) in [7, 11) is 0. The van der Waals surface area contributed by atoms with E-state index in [9.17, 15) is 4.79 Å². The van der Waals surface area contributed by atoms with E-state index in [2.05, 4.69) is 17.2 Å². The Bertz CT molecular complexity index is 863. The van der Waals surface area contributed by atoms with Gasteiger partial charge in [0.2, 0.25) is 0 Å². The molecule has 1 N–H and O–H groups in total. The van der Waals surface area contributed by atoms with Gasteiger partial charge in [-0.05, 0) is 48.6 Å². The molecule has 2 aromatic carbocycles. The second-order valence-electron chi connectivity index (χ2n) is 6.22. The van der Waals surface area contributed by atoms with Crippen molar-refractivity contribution in [2.45, 2.75) is 25.8 Å². The van der Waals surface area contributed by atoms with E-state index in [1.165, 1.54) is 6.39 Å². The monoisotopic (exact) mass is 318 g/mol. The van der Waals surface area contributed by atoms with Crippen LogP contribution in [0.1, 0.15) is 28.8 Å². The fourth-order valence-electron chi connectivity index (χ4n) is 2.74. The van der Waals surface area contributed by atoms with Gasteiger partial charge in [-0.1, -0.05) is 30.3 Å². The summed E-state index contributed by atoms with van der Waals surface area (Å²) in [6.07, 6.45) is 5.31. The van der Waals surface area contributed by atoms with E-state index in [-0.39, 0.29) is 5.91 Å². The minimum absolute atomic E-state index is 0.0111. The maximum atomic E-state index is 12.3. The van der Waals surface area contributed by atoms with Crippen LogP contribution < -0.4 is 5.32 Å². The van der Waals surface area contributed by atoms with Crippen LogP contribution in [-0.2, 0) is 0 Å². The first-order valence-electron chi connectivity index (χ1n) is 8.11. The molecular weight excluding hydrogens is 300 g/mol. The van der Waals surface area contributed by atoms with E-state index in [4.69, 9.17) is 4.42 Å². The molecule has 4 nitrogen and oxygen atoms in total. The van der Waals surface area contributed by atoms with Crippen LogP contribution in [0.3, 0.4) is 0 Å². The third-order valence-electron chi connectivity index (χ3n) is 4.33. The molecule has 0 radical (unpaired) electrons. The summed E-state index contributed by atoms with van der Waals surface area (Å²) in [5, 5.41) is 3.04. The van der Waals surface area contributed by atoms with Crippen molar-refractivity contribution in [3.05, 3.63) is 66.2 Å². The predicted octanol–water partition coefficient (Wildman–Crippen LogP) is 4.21. The highest BCUT2D eigenvalue weighted by atomic mass is 16.3. The van der Waals surface area contributed by atoms with Gasteiger partial charge in [-0.15, -0.1) is 0 Å². The number of rotatable bonds is 4. The Morgan fingerprint density at radius 1 is 1.12 bits per heavy atom. The normalized spacial score (nSPS) is 13.7. The first-order chi connectivity index (χ1) is 11.7. The predicted molar refractivity (Wildman–Crippen MR) is 92.6 cm³/mol. The van der Waals surface area contributed by atoms with Crippen molar-refractivity contribution >= 4 is 5.91 Å². The number of oxazole rings is 1. The second kappa shape index (κ2) is 5.96. The molecule has 1 fully saturated rings. The smallest absolute Gasteiger partial charge is 0.251 e. The highest BCUT2D eigenvalue weighted by molar-refractivity contribution is 5.96. The van der Waals surface area contributed by atoms with Gasteiger partial charge in [0, 0.05) is 17.2 Å². The summed E-state index contributed by atoms with van der Waals surface area (Å²) >= 11 is 0. The third kappa shape index (κ3) is 2.95. The van der Waals surface area contributed by atoms with Gasteiger partial charge >= 0.3 is 0 Å². The molecule has 1 heterocycles. The van der Waals surface area contributed by atoms with Gasteiger partial charge in [-0.2, -0.15) is 0 Å². The summed E-state index contributed by atoms with van der Waals surface area (Å²) in [6, 6.07) is 14.3. The molecule has 3 aromatic rings. The molecule has 0 bridgehead atoms. The Morgan fingerprint density at radius 3 is 2.54 bits per heavy atom. The largest absolute Gasteiger partial charge is 0.444 e. The summed E-state index contributed by atoms with van der Waals surface area (Å²) in [5.74, 6) is 0.757.